The second-order valence-electron chi connectivity index (χ2n) is 4.37. The Bertz CT molecular complexity index is 795. The third-order valence-corrected chi connectivity index (χ3v) is 4.12. The standard InChI is InChI=1S/C15H13ClN4O2S/c1-3-13-19-20-15(23-13)18-14(21)10(8-17)6-9-4-5-12(22-2)11(16)7-9/h4-7H,3H2,1-2H3,(H,18,20,21)/b10-6+. The third-order valence-electron chi connectivity index (χ3n) is 2.84. The van der Waals surface area contributed by atoms with Gasteiger partial charge in [-0.15, -0.1) is 10.2 Å². The van der Waals surface area contributed by atoms with Crippen LogP contribution in [0.25, 0.3) is 6.08 Å². The van der Waals surface area contributed by atoms with Crippen molar-refractivity contribution in [3.63, 3.8) is 0 Å². The molecule has 0 bridgehead atoms. The average Bonchev–Trinajstić information content (AvgIpc) is 3.00. The molecule has 6 nitrogen and oxygen atoms in total. The van der Waals surface area contributed by atoms with Gasteiger partial charge in [0, 0.05) is 0 Å². The molecule has 0 saturated heterocycles. The zero-order chi connectivity index (χ0) is 16.8. The molecular formula is C15H13ClN4O2S. The zero-order valence-corrected chi connectivity index (χ0v) is 14.0. The predicted molar refractivity (Wildman–Crippen MR) is 89.5 cm³/mol. The minimum absolute atomic E-state index is 0.0560. The van der Waals surface area contributed by atoms with Crippen LogP contribution in [0, 0.1) is 11.3 Å². The number of aromatic nitrogens is 2. The van der Waals surface area contributed by atoms with E-state index in [0.29, 0.717) is 21.5 Å². The molecule has 8 heteroatoms. The van der Waals surface area contributed by atoms with E-state index in [2.05, 4.69) is 15.5 Å². The van der Waals surface area contributed by atoms with Crippen molar-refractivity contribution in [2.45, 2.75) is 13.3 Å². The molecule has 0 fully saturated rings. The van der Waals surface area contributed by atoms with Crippen molar-refractivity contribution in [1.29, 1.82) is 5.26 Å². The summed E-state index contributed by atoms with van der Waals surface area (Å²) in [6, 6.07) is 6.86. The first-order chi connectivity index (χ1) is 11.1. The summed E-state index contributed by atoms with van der Waals surface area (Å²) < 4.78 is 5.06. The molecule has 0 saturated carbocycles. The van der Waals surface area contributed by atoms with Crippen LogP contribution in [-0.2, 0) is 11.2 Å². The number of nitrogens with one attached hydrogen (secondary N) is 1. The first-order valence-corrected chi connectivity index (χ1v) is 7.86. The summed E-state index contributed by atoms with van der Waals surface area (Å²) in [6.45, 7) is 1.94. The number of carbonyl (C=O) groups is 1. The number of aryl methyl sites for hydroxylation is 1. The minimum Gasteiger partial charge on any atom is -0.495 e. The van der Waals surface area contributed by atoms with Crippen molar-refractivity contribution >= 4 is 40.1 Å². The molecule has 1 heterocycles. The molecule has 0 aliphatic heterocycles. The normalized spacial score (nSPS) is 11.0. The number of rotatable bonds is 5. The van der Waals surface area contributed by atoms with Gasteiger partial charge in [0.05, 0.1) is 12.1 Å². The quantitative estimate of drug-likeness (QED) is 0.661. The molecule has 0 aliphatic carbocycles. The first-order valence-electron chi connectivity index (χ1n) is 6.66. The highest BCUT2D eigenvalue weighted by Gasteiger charge is 2.13. The van der Waals surface area contributed by atoms with Crippen molar-refractivity contribution in [2.24, 2.45) is 0 Å². The fourth-order valence-corrected chi connectivity index (χ4v) is 2.64. The van der Waals surface area contributed by atoms with Crippen LogP contribution in [0.4, 0.5) is 5.13 Å². The number of hydrogen-bond donors (Lipinski definition) is 1. The van der Waals surface area contributed by atoms with Crippen LogP contribution in [0.1, 0.15) is 17.5 Å². The van der Waals surface area contributed by atoms with Gasteiger partial charge in [0.15, 0.2) is 0 Å². The van der Waals surface area contributed by atoms with Crippen LogP contribution < -0.4 is 10.1 Å². The van der Waals surface area contributed by atoms with Crippen LogP contribution in [0.15, 0.2) is 23.8 Å². The molecule has 1 aromatic heterocycles. The minimum atomic E-state index is -0.543. The van der Waals surface area contributed by atoms with E-state index in [1.807, 2.05) is 13.0 Å². The Kier molecular flexibility index (Phi) is 5.68. The molecular weight excluding hydrogens is 336 g/mol. The maximum absolute atomic E-state index is 12.1. The van der Waals surface area contributed by atoms with Gasteiger partial charge in [0.2, 0.25) is 5.13 Å². The van der Waals surface area contributed by atoms with Crippen LogP contribution in [0.3, 0.4) is 0 Å². The predicted octanol–water partition coefficient (Wildman–Crippen LogP) is 3.31. The molecule has 0 unspecified atom stereocenters. The van der Waals surface area contributed by atoms with E-state index < -0.39 is 5.91 Å². The average molecular weight is 349 g/mol. The second kappa shape index (κ2) is 7.72. The summed E-state index contributed by atoms with van der Waals surface area (Å²) in [7, 11) is 1.51. The van der Waals surface area contributed by atoms with Gasteiger partial charge >= 0.3 is 0 Å². The van der Waals surface area contributed by atoms with Gasteiger partial charge in [-0.2, -0.15) is 5.26 Å². The van der Waals surface area contributed by atoms with Crippen LogP contribution in [0.5, 0.6) is 5.75 Å². The fourth-order valence-electron chi connectivity index (χ4n) is 1.70. The third kappa shape index (κ3) is 4.28. The van der Waals surface area contributed by atoms with E-state index in [4.69, 9.17) is 16.3 Å². The van der Waals surface area contributed by atoms with Crippen molar-refractivity contribution in [2.75, 3.05) is 12.4 Å². The topological polar surface area (TPSA) is 87.9 Å². The summed E-state index contributed by atoms with van der Waals surface area (Å²) >= 11 is 7.30. The van der Waals surface area contributed by atoms with Crippen LogP contribution >= 0.6 is 22.9 Å². The van der Waals surface area contributed by atoms with Gasteiger partial charge < -0.3 is 4.74 Å². The molecule has 0 aliphatic rings. The number of methoxy groups -OCH3 is 1. The van der Waals surface area contributed by atoms with Gasteiger partial charge in [0.1, 0.15) is 22.4 Å². The first kappa shape index (κ1) is 16.9. The Morgan fingerprint density at radius 3 is 2.87 bits per heavy atom. The van der Waals surface area contributed by atoms with E-state index in [1.54, 1.807) is 18.2 Å². The number of benzene rings is 1. The highest BCUT2D eigenvalue weighted by Crippen LogP contribution is 2.26. The van der Waals surface area contributed by atoms with Crippen LogP contribution in [-0.4, -0.2) is 23.2 Å². The molecule has 23 heavy (non-hydrogen) atoms. The lowest BCUT2D eigenvalue weighted by atomic mass is 10.1. The molecule has 0 atom stereocenters. The Morgan fingerprint density at radius 1 is 1.52 bits per heavy atom. The van der Waals surface area contributed by atoms with Gasteiger partial charge in [-0.25, -0.2) is 0 Å². The number of amides is 1. The molecule has 0 radical (unpaired) electrons. The molecule has 2 rings (SSSR count). The summed E-state index contributed by atoms with van der Waals surface area (Å²) in [4.78, 5) is 12.1. The molecule has 1 aromatic carbocycles. The number of nitriles is 1. The number of halogens is 1. The second-order valence-corrected chi connectivity index (χ2v) is 5.84. The molecule has 0 spiro atoms. The van der Waals surface area contributed by atoms with Crippen molar-refractivity contribution < 1.29 is 9.53 Å². The maximum Gasteiger partial charge on any atom is 0.268 e. The van der Waals surface area contributed by atoms with Gasteiger partial charge in [-0.3, -0.25) is 10.1 Å². The van der Waals surface area contributed by atoms with E-state index in [0.717, 1.165) is 11.4 Å². The number of nitrogens with zero attached hydrogens (tertiary/aromatic N) is 3. The lowest BCUT2D eigenvalue weighted by molar-refractivity contribution is -0.112. The largest absolute Gasteiger partial charge is 0.495 e. The number of anilines is 1. The highest BCUT2D eigenvalue weighted by molar-refractivity contribution is 7.15. The molecule has 1 amide bonds. The van der Waals surface area contributed by atoms with E-state index in [1.165, 1.54) is 24.5 Å². The van der Waals surface area contributed by atoms with Crippen molar-refractivity contribution in [1.82, 2.24) is 10.2 Å². The lowest BCUT2D eigenvalue weighted by Gasteiger charge is -2.04. The Morgan fingerprint density at radius 2 is 2.30 bits per heavy atom. The Balaban J connectivity index is 2.19. The Hall–Kier alpha value is -2.43. The molecule has 1 N–H and O–H groups in total. The van der Waals surface area contributed by atoms with Crippen molar-refractivity contribution in [3.05, 3.63) is 39.4 Å². The smallest absolute Gasteiger partial charge is 0.268 e. The van der Waals surface area contributed by atoms with Crippen LogP contribution in [0.2, 0.25) is 5.02 Å². The number of ether oxygens (including phenoxy) is 1. The lowest BCUT2D eigenvalue weighted by Crippen LogP contribution is -2.13. The summed E-state index contributed by atoms with van der Waals surface area (Å²) in [6.07, 6.45) is 2.18. The number of hydrogen-bond acceptors (Lipinski definition) is 6. The van der Waals surface area contributed by atoms with E-state index in [-0.39, 0.29) is 5.57 Å². The Labute approximate surface area is 142 Å². The van der Waals surface area contributed by atoms with Gasteiger partial charge in [-0.1, -0.05) is 35.9 Å². The molecule has 118 valence electrons. The SMILES string of the molecule is CCc1nnc(NC(=O)/C(C#N)=C/c2ccc(OC)c(Cl)c2)s1. The fraction of sp³-hybridized carbons (Fsp3) is 0.200. The summed E-state index contributed by atoms with van der Waals surface area (Å²) in [5.74, 6) is -0.0222. The summed E-state index contributed by atoms with van der Waals surface area (Å²) in [5, 5.41) is 21.1. The maximum atomic E-state index is 12.1. The highest BCUT2D eigenvalue weighted by atomic mass is 35.5. The monoisotopic (exact) mass is 348 g/mol. The van der Waals surface area contributed by atoms with Gasteiger partial charge in [-0.05, 0) is 30.2 Å². The van der Waals surface area contributed by atoms with Crippen molar-refractivity contribution in [3.8, 4) is 11.8 Å². The van der Waals surface area contributed by atoms with E-state index >= 15 is 0 Å². The molecule has 2 aromatic rings. The number of carbonyl (C=O) groups excluding carboxylic acids is 1. The summed E-state index contributed by atoms with van der Waals surface area (Å²) in [5.41, 5.74) is 0.563. The zero-order valence-electron chi connectivity index (χ0n) is 12.5. The van der Waals surface area contributed by atoms with Gasteiger partial charge in [0.25, 0.3) is 5.91 Å². The van der Waals surface area contributed by atoms with E-state index in [9.17, 15) is 10.1 Å².